The van der Waals surface area contributed by atoms with Crippen LogP contribution in [0.15, 0.2) is 82.6 Å². The van der Waals surface area contributed by atoms with Crippen molar-refractivity contribution in [1.29, 1.82) is 0 Å². The number of thioether (sulfide) groups is 1. The number of azo groups is 2. The molecule has 3 heterocycles. The number of nitrogens with one attached hydrogen (secondary N) is 2. The second kappa shape index (κ2) is 21.1. The Morgan fingerprint density at radius 1 is 0.651 bits per heavy atom. The van der Waals surface area contributed by atoms with Crippen molar-refractivity contribution in [3.05, 3.63) is 47.2 Å². The first-order valence-corrected chi connectivity index (χ1v) is 25.8. The van der Waals surface area contributed by atoms with E-state index in [0.717, 1.165) is 34.4 Å². The minimum atomic E-state index is -4.62. The van der Waals surface area contributed by atoms with Crippen LogP contribution in [0.3, 0.4) is 0 Å². The van der Waals surface area contributed by atoms with Crippen LogP contribution in [-0.4, -0.2) is 106 Å². The molecule has 0 amide bonds. The number of ether oxygens (including phenoxy) is 2. The third-order valence-electron chi connectivity index (χ3n) is 8.76. The van der Waals surface area contributed by atoms with Gasteiger partial charge in [0, 0.05) is 44.1 Å². The van der Waals surface area contributed by atoms with Crippen LogP contribution in [0.4, 0.5) is 56.0 Å². The molecule has 0 spiro atoms. The molecule has 0 bridgehead atoms. The average molecular weight is 986 g/mol. The van der Waals surface area contributed by atoms with Crippen molar-refractivity contribution in [2.45, 2.75) is 42.6 Å². The Labute approximate surface area is 376 Å². The first-order chi connectivity index (χ1) is 29.8. The van der Waals surface area contributed by atoms with Crippen molar-refractivity contribution in [3.8, 4) is 11.5 Å². The zero-order chi connectivity index (χ0) is 46.1. The van der Waals surface area contributed by atoms with Gasteiger partial charge in [-0.2, -0.15) is 40.2 Å². The van der Waals surface area contributed by atoms with Crippen LogP contribution < -0.4 is 29.9 Å². The number of hydrogen-bond acceptors (Lipinski definition) is 22. The molecule has 0 radical (unpaired) electrons. The number of thiophene rings is 2. The SMILES string of the molecule is CCN(CC)c1cc(Nc2nc(Nc3cc(N(CC)CC)c(OC)cc3/N=N/c3sccc3S(=O)(=O)O)nc(SCCS(=O)(=O)O)n2)c(/N=N/c2sccc2S(=O)(=O)O)cc1OC. The van der Waals surface area contributed by atoms with E-state index < -0.39 is 45.9 Å². The summed E-state index contributed by atoms with van der Waals surface area (Å²) < 4.78 is 112. The van der Waals surface area contributed by atoms with Gasteiger partial charge in [0.25, 0.3) is 30.4 Å². The summed E-state index contributed by atoms with van der Waals surface area (Å²) in [4.78, 5) is 16.7. The predicted molar refractivity (Wildman–Crippen MR) is 243 cm³/mol. The molecule has 5 rings (SSSR count). The second-order valence-electron chi connectivity index (χ2n) is 12.6. The largest absolute Gasteiger partial charge is 0.494 e. The predicted octanol–water partition coefficient (Wildman–Crippen LogP) is 8.50. The fourth-order valence-corrected chi connectivity index (χ4v) is 10.7. The monoisotopic (exact) mass is 985 g/mol. The van der Waals surface area contributed by atoms with Crippen LogP contribution in [0.1, 0.15) is 27.7 Å². The van der Waals surface area contributed by atoms with Crippen molar-refractivity contribution in [2.75, 3.05) is 72.3 Å². The lowest BCUT2D eigenvalue weighted by molar-refractivity contribution is 0.414. The Balaban J connectivity index is 1.68. The van der Waals surface area contributed by atoms with Crippen LogP contribution in [-0.2, 0) is 30.4 Å². The maximum Gasteiger partial charge on any atom is 0.297 e. The number of hydrogen-bond donors (Lipinski definition) is 5. The lowest BCUT2D eigenvalue weighted by Crippen LogP contribution is -2.22. The first-order valence-electron chi connectivity index (χ1n) is 18.6. The van der Waals surface area contributed by atoms with E-state index in [-0.39, 0.29) is 55.6 Å². The van der Waals surface area contributed by atoms with Gasteiger partial charge in [0.15, 0.2) is 15.2 Å². The van der Waals surface area contributed by atoms with E-state index in [1.807, 2.05) is 37.5 Å². The molecule has 5 aromatic rings. The Hall–Kier alpha value is -5.07. The van der Waals surface area contributed by atoms with Gasteiger partial charge in [0.1, 0.15) is 32.7 Å². The number of nitrogens with zero attached hydrogens (tertiary/aromatic N) is 9. The highest BCUT2D eigenvalue weighted by atomic mass is 32.2. The van der Waals surface area contributed by atoms with Gasteiger partial charge in [0.05, 0.1) is 42.7 Å². The average Bonchev–Trinajstić information content (AvgIpc) is 3.91. The molecule has 2 aromatic carbocycles. The van der Waals surface area contributed by atoms with E-state index in [4.69, 9.17) is 9.47 Å². The molecule has 0 aliphatic rings. The van der Waals surface area contributed by atoms with Crippen molar-refractivity contribution < 1.29 is 48.4 Å². The fraction of sp³-hybridized carbons (Fsp3) is 0.343. The van der Waals surface area contributed by atoms with E-state index in [9.17, 15) is 38.9 Å². The fourth-order valence-electron chi connectivity index (χ4n) is 5.76. The zero-order valence-corrected chi connectivity index (χ0v) is 39.3. The molecular formula is C35H43N11O11S6. The number of aromatic nitrogens is 3. The summed E-state index contributed by atoms with van der Waals surface area (Å²) in [5, 5.41) is 25.8. The lowest BCUT2D eigenvalue weighted by Gasteiger charge is -2.25. The normalized spacial score (nSPS) is 12.3. The van der Waals surface area contributed by atoms with Crippen LogP contribution >= 0.6 is 34.4 Å². The molecule has 340 valence electrons. The van der Waals surface area contributed by atoms with Crippen LogP contribution in [0.5, 0.6) is 11.5 Å². The highest BCUT2D eigenvalue weighted by Gasteiger charge is 2.22. The van der Waals surface area contributed by atoms with Crippen LogP contribution in [0.2, 0.25) is 0 Å². The molecule has 5 N–H and O–H groups in total. The Bertz CT molecular complexity index is 2640. The van der Waals surface area contributed by atoms with E-state index in [1.54, 1.807) is 24.3 Å². The summed E-state index contributed by atoms with van der Waals surface area (Å²) >= 11 is 2.76. The van der Waals surface area contributed by atoms with Crippen molar-refractivity contribution >= 4 is 121 Å². The number of benzene rings is 2. The molecule has 0 aliphatic carbocycles. The topological polar surface area (TPSA) is 300 Å². The quantitative estimate of drug-likeness (QED) is 0.0246. The molecule has 0 saturated carbocycles. The minimum Gasteiger partial charge on any atom is -0.494 e. The van der Waals surface area contributed by atoms with Crippen LogP contribution in [0.25, 0.3) is 0 Å². The highest BCUT2D eigenvalue weighted by Crippen LogP contribution is 2.43. The Kier molecular flexibility index (Phi) is 16.4. The van der Waals surface area contributed by atoms with Gasteiger partial charge in [0.2, 0.25) is 11.9 Å². The summed E-state index contributed by atoms with van der Waals surface area (Å²) in [7, 11) is -10.7. The summed E-state index contributed by atoms with van der Waals surface area (Å²) in [6, 6.07) is 8.91. The smallest absolute Gasteiger partial charge is 0.297 e. The van der Waals surface area contributed by atoms with E-state index >= 15 is 0 Å². The zero-order valence-electron chi connectivity index (χ0n) is 34.4. The molecule has 0 saturated heterocycles. The standard InChI is InChI=1S/C35H43N11O11S6/c1-7-45(8-2)25-17-21(23(19-27(25)56-5)41-43-31-29(11-13-58-31)62(50,51)52)36-33-38-34(40-35(39-33)60-15-16-61(47,48)49)37-22-18-26(46(9-3)10-4)28(57-6)20-24(22)42-44-32-30(12-14-59-32)63(53,54)55/h11-14,17-20H,7-10,15-16H2,1-6H3,(H,47,48,49)(H,50,51,52)(H,53,54,55)(H2,36,37,38,39,40)/b43-41+,44-42+. The summed E-state index contributed by atoms with van der Waals surface area (Å²) in [6.45, 7) is 10.1. The van der Waals surface area contributed by atoms with Crippen molar-refractivity contribution in [3.63, 3.8) is 0 Å². The van der Waals surface area contributed by atoms with Gasteiger partial charge < -0.3 is 29.9 Å². The molecule has 0 aliphatic heterocycles. The summed E-state index contributed by atoms with van der Waals surface area (Å²) in [5.74, 6) is -0.172. The molecule has 0 atom stereocenters. The molecule has 0 unspecified atom stereocenters. The number of methoxy groups -OCH3 is 2. The van der Waals surface area contributed by atoms with E-state index in [2.05, 4.69) is 46.0 Å². The van der Waals surface area contributed by atoms with Gasteiger partial charge in [-0.15, -0.1) is 43.1 Å². The maximum atomic E-state index is 12.0. The Morgan fingerprint density at radius 2 is 1.06 bits per heavy atom. The van der Waals surface area contributed by atoms with Crippen molar-refractivity contribution in [2.24, 2.45) is 20.5 Å². The Morgan fingerprint density at radius 3 is 1.41 bits per heavy atom. The highest BCUT2D eigenvalue weighted by molar-refractivity contribution is 8.00. The van der Waals surface area contributed by atoms with E-state index in [1.165, 1.54) is 37.1 Å². The molecule has 3 aromatic heterocycles. The second-order valence-corrected chi connectivity index (χ2v) is 19.8. The summed E-state index contributed by atoms with van der Waals surface area (Å²) in [5.41, 5.74) is 2.04. The number of rotatable bonds is 22. The minimum absolute atomic E-state index is 0.00715. The van der Waals surface area contributed by atoms with Crippen LogP contribution in [0, 0.1) is 0 Å². The molecule has 28 heteroatoms. The molecule has 0 fully saturated rings. The third kappa shape index (κ3) is 12.8. The van der Waals surface area contributed by atoms with E-state index in [0.29, 0.717) is 49.1 Å². The molecule has 63 heavy (non-hydrogen) atoms. The van der Waals surface area contributed by atoms with Gasteiger partial charge >= 0.3 is 0 Å². The first kappa shape index (κ1) is 49.0. The maximum absolute atomic E-state index is 12.0. The van der Waals surface area contributed by atoms with Gasteiger partial charge in [-0.25, -0.2) is 0 Å². The number of anilines is 6. The van der Waals surface area contributed by atoms with Crippen molar-refractivity contribution in [1.82, 2.24) is 15.0 Å². The lowest BCUT2D eigenvalue weighted by atomic mass is 10.2. The van der Waals surface area contributed by atoms with Gasteiger partial charge in [-0.3, -0.25) is 13.7 Å². The summed E-state index contributed by atoms with van der Waals surface area (Å²) in [6.07, 6.45) is 0. The third-order valence-corrected chi connectivity index (χ3v) is 14.2. The molecular weight excluding hydrogens is 943 g/mol. The molecule has 22 nitrogen and oxygen atoms in total. The van der Waals surface area contributed by atoms with Gasteiger partial charge in [-0.1, -0.05) is 11.8 Å². The van der Waals surface area contributed by atoms with Gasteiger partial charge in [-0.05, 0) is 62.7 Å².